The van der Waals surface area contributed by atoms with Gasteiger partial charge >= 0.3 is 0 Å². The lowest BCUT2D eigenvalue weighted by Gasteiger charge is -2.30. The SMILES string of the molecule is CN1CCC(C(=O)N(C)Cc2cc(-c3ccccc3)n[nH]2)CC1=O. The van der Waals surface area contributed by atoms with Crippen LogP contribution in [-0.2, 0) is 16.1 Å². The number of aromatic nitrogens is 2. The van der Waals surface area contributed by atoms with Crippen molar-refractivity contribution in [3.8, 4) is 11.3 Å². The Morgan fingerprint density at radius 2 is 2.12 bits per heavy atom. The third kappa shape index (κ3) is 3.48. The number of hydrogen-bond donors (Lipinski definition) is 1. The van der Waals surface area contributed by atoms with Gasteiger partial charge in [0.2, 0.25) is 11.8 Å². The highest BCUT2D eigenvalue weighted by atomic mass is 16.2. The Hall–Kier alpha value is -2.63. The van der Waals surface area contributed by atoms with E-state index in [2.05, 4.69) is 10.2 Å². The fraction of sp³-hybridized carbons (Fsp3) is 0.389. The Labute approximate surface area is 141 Å². The number of H-pyrrole nitrogens is 1. The van der Waals surface area contributed by atoms with Gasteiger partial charge in [-0.2, -0.15) is 5.10 Å². The quantitative estimate of drug-likeness (QED) is 0.933. The van der Waals surface area contributed by atoms with Crippen LogP contribution in [0.3, 0.4) is 0 Å². The molecule has 1 atom stereocenters. The summed E-state index contributed by atoms with van der Waals surface area (Å²) in [7, 11) is 3.55. The van der Waals surface area contributed by atoms with Crippen molar-refractivity contribution in [2.75, 3.05) is 20.6 Å². The zero-order valence-corrected chi connectivity index (χ0v) is 14.0. The first-order valence-electron chi connectivity index (χ1n) is 8.13. The van der Waals surface area contributed by atoms with Crippen molar-refractivity contribution >= 4 is 11.8 Å². The number of nitrogens with zero attached hydrogens (tertiary/aromatic N) is 3. The van der Waals surface area contributed by atoms with Crippen molar-refractivity contribution in [3.63, 3.8) is 0 Å². The van der Waals surface area contributed by atoms with Gasteiger partial charge < -0.3 is 9.80 Å². The Balaban J connectivity index is 1.63. The molecule has 0 radical (unpaired) electrons. The van der Waals surface area contributed by atoms with Crippen LogP contribution < -0.4 is 0 Å². The van der Waals surface area contributed by atoms with Crippen LogP contribution >= 0.6 is 0 Å². The molecule has 126 valence electrons. The molecule has 3 rings (SSSR count). The standard InChI is InChI=1S/C18H22N4O2/c1-21-9-8-14(10-17(21)23)18(24)22(2)12-15-11-16(20-19-15)13-6-4-3-5-7-13/h3-7,11,14H,8-10,12H2,1-2H3,(H,19,20). The van der Waals surface area contributed by atoms with E-state index < -0.39 is 0 Å². The van der Waals surface area contributed by atoms with Crippen LogP contribution in [0.25, 0.3) is 11.3 Å². The lowest BCUT2D eigenvalue weighted by Crippen LogP contribution is -2.42. The zero-order valence-electron chi connectivity index (χ0n) is 14.0. The van der Waals surface area contributed by atoms with Gasteiger partial charge in [-0.3, -0.25) is 14.7 Å². The van der Waals surface area contributed by atoms with Crippen LogP contribution in [0.2, 0.25) is 0 Å². The number of nitrogens with one attached hydrogen (secondary N) is 1. The molecule has 2 aromatic rings. The molecule has 0 aliphatic carbocycles. The molecule has 1 aliphatic heterocycles. The zero-order chi connectivity index (χ0) is 17.1. The first-order chi connectivity index (χ1) is 11.5. The van der Waals surface area contributed by atoms with Gasteiger partial charge in [-0.05, 0) is 12.5 Å². The molecule has 1 saturated heterocycles. The highest BCUT2D eigenvalue weighted by molar-refractivity contribution is 5.86. The fourth-order valence-electron chi connectivity index (χ4n) is 3.00. The van der Waals surface area contributed by atoms with Gasteiger partial charge in [0, 0.05) is 38.5 Å². The Bertz CT molecular complexity index is 726. The summed E-state index contributed by atoms with van der Waals surface area (Å²) < 4.78 is 0. The van der Waals surface area contributed by atoms with Crippen LogP contribution in [0.15, 0.2) is 36.4 Å². The van der Waals surface area contributed by atoms with Crippen LogP contribution in [-0.4, -0.2) is 52.5 Å². The van der Waals surface area contributed by atoms with Gasteiger partial charge in [0.15, 0.2) is 0 Å². The summed E-state index contributed by atoms with van der Waals surface area (Å²) >= 11 is 0. The van der Waals surface area contributed by atoms with Crippen molar-refractivity contribution < 1.29 is 9.59 Å². The van der Waals surface area contributed by atoms with Gasteiger partial charge in [-0.15, -0.1) is 0 Å². The molecule has 1 aromatic carbocycles. The minimum absolute atomic E-state index is 0.0207. The largest absolute Gasteiger partial charge is 0.346 e. The first kappa shape index (κ1) is 16.2. The van der Waals surface area contributed by atoms with Crippen LogP contribution in [0.1, 0.15) is 18.5 Å². The summed E-state index contributed by atoms with van der Waals surface area (Å²) in [6.45, 7) is 1.10. The number of carbonyl (C=O) groups excluding carboxylic acids is 2. The number of rotatable bonds is 4. The number of carbonyl (C=O) groups is 2. The second-order valence-corrected chi connectivity index (χ2v) is 6.34. The molecule has 1 unspecified atom stereocenters. The molecule has 0 spiro atoms. The minimum Gasteiger partial charge on any atom is -0.346 e. The van der Waals surface area contributed by atoms with E-state index in [1.165, 1.54) is 0 Å². The number of benzene rings is 1. The fourth-order valence-corrected chi connectivity index (χ4v) is 3.00. The number of amides is 2. The molecule has 1 N–H and O–H groups in total. The molecule has 6 heteroatoms. The van der Waals surface area contributed by atoms with Crippen LogP contribution in [0.5, 0.6) is 0 Å². The molecule has 2 heterocycles. The molecule has 6 nitrogen and oxygen atoms in total. The maximum absolute atomic E-state index is 12.6. The summed E-state index contributed by atoms with van der Waals surface area (Å²) in [6, 6.07) is 11.9. The predicted molar refractivity (Wildman–Crippen MR) is 90.9 cm³/mol. The van der Waals surface area contributed by atoms with Crippen molar-refractivity contribution in [3.05, 3.63) is 42.1 Å². The van der Waals surface area contributed by atoms with Crippen molar-refractivity contribution in [1.29, 1.82) is 0 Å². The second-order valence-electron chi connectivity index (χ2n) is 6.34. The molecular weight excluding hydrogens is 304 g/mol. The van der Waals surface area contributed by atoms with E-state index in [1.807, 2.05) is 36.4 Å². The van der Waals surface area contributed by atoms with E-state index in [9.17, 15) is 9.59 Å². The summed E-state index contributed by atoms with van der Waals surface area (Å²) in [6.07, 6.45) is 1.03. The van der Waals surface area contributed by atoms with E-state index in [0.29, 0.717) is 19.5 Å². The van der Waals surface area contributed by atoms with E-state index in [0.717, 1.165) is 23.4 Å². The van der Waals surface area contributed by atoms with Crippen molar-refractivity contribution in [2.45, 2.75) is 19.4 Å². The average molecular weight is 326 g/mol. The van der Waals surface area contributed by atoms with Crippen molar-refractivity contribution in [2.24, 2.45) is 5.92 Å². The number of piperidine rings is 1. The van der Waals surface area contributed by atoms with E-state index in [1.54, 1.807) is 23.9 Å². The number of hydrogen-bond acceptors (Lipinski definition) is 3. The van der Waals surface area contributed by atoms with Gasteiger partial charge in [-0.25, -0.2) is 0 Å². The van der Waals surface area contributed by atoms with E-state index in [-0.39, 0.29) is 17.7 Å². The molecule has 1 aliphatic rings. The molecular formula is C18H22N4O2. The third-order valence-electron chi connectivity index (χ3n) is 4.49. The topological polar surface area (TPSA) is 69.3 Å². The maximum atomic E-state index is 12.6. The van der Waals surface area contributed by atoms with E-state index in [4.69, 9.17) is 0 Å². The molecule has 2 amide bonds. The van der Waals surface area contributed by atoms with Gasteiger partial charge in [0.25, 0.3) is 0 Å². The number of likely N-dealkylation sites (tertiary alicyclic amines) is 1. The van der Waals surface area contributed by atoms with Gasteiger partial charge in [0.05, 0.1) is 17.9 Å². The monoisotopic (exact) mass is 326 g/mol. The highest BCUT2D eigenvalue weighted by Gasteiger charge is 2.30. The highest BCUT2D eigenvalue weighted by Crippen LogP contribution is 2.21. The first-order valence-corrected chi connectivity index (χ1v) is 8.13. The minimum atomic E-state index is -0.213. The normalized spacial score (nSPS) is 17.8. The summed E-state index contributed by atoms with van der Waals surface area (Å²) in [5, 5.41) is 7.30. The summed E-state index contributed by atoms with van der Waals surface area (Å²) in [4.78, 5) is 27.7. The van der Waals surface area contributed by atoms with Gasteiger partial charge in [0.1, 0.15) is 0 Å². The molecule has 0 saturated carbocycles. The lowest BCUT2D eigenvalue weighted by molar-refractivity contribution is -0.143. The molecule has 24 heavy (non-hydrogen) atoms. The van der Waals surface area contributed by atoms with E-state index >= 15 is 0 Å². The molecule has 1 fully saturated rings. The molecule has 1 aromatic heterocycles. The number of aromatic amines is 1. The second kappa shape index (κ2) is 6.86. The third-order valence-corrected chi connectivity index (χ3v) is 4.49. The Morgan fingerprint density at radius 3 is 2.83 bits per heavy atom. The van der Waals surface area contributed by atoms with Crippen LogP contribution in [0.4, 0.5) is 0 Å². The smallest absolute Gasteiger partial charge is 0.226 e. The summed E-state index contributed by atoms with van der Waals surface area (Å²) in [5.41, 5.74) is 2.78. The average Bonchev–Trinajstić information content (AvgIpc) is 3.06. The molecule has 0 bridgehead atoms. The van der Waals surface area contributed by atoms with Crippen molar-refractivity contribution in [1.82, 2.24) is 20.0 Å². The summed E-state index contributed by atoms with van der Waals surface area (Å²) in [5.74, 6) is -0.150. The Morgan fingerprint density at radius 1 is 1.38 bits per heavy atom. The van der Waals surface area contributed by atoms with Gasteiger partial charge in [-0.1, -0.05) is 30.3 Å². The Kier molecular flexibility index (Phi) is 4.64. The lowest BCUT2D eigenvalue weighted by atomic mass is 9.95. The van der Waals surface area contributed by atoms with Crippen LogP contribution in [0, 0.1) is 5.92 Å². The maximum Gasteiger partial charge on any atom is 0.226 e. The predicted octanol–water partition coefficient (Wildman–Crippen LogP) is 1.90.